The standard InChI is InChI=1S/C22H30N2O4S/c1-4-13-29(26,27)24-11-9-20(10-12-24)23-22(25)16(2)17-5-6-19-15-21(28-3)8-7-18(19)14-17/h5-8,14-16,20H,4,9-13H2,1-3H3,(H,23,25)/t16-/m0/s1. The van der Waals surface area contributed by atoms with Crippen LogP contribution in [0.2, 0.25) is 0 Å². The largest absolute Gasteiger partial charge is 0.497 e. The molecule has 0 unspecified atom stereocenters. The van der Waals surface area contributed by atoms with Gasteiger partial charge in [0, 0.05) is 19.1 Å². The third-order valence-electron chi connectivity index (χ3n) is 5.62. The molecule has 1 atom stereocenters. The highest BCUT2D eigenvalue weighted by atomic mass is 32.2. The zero-order chi connectivity index (χ0) is 21.0. The van der Waals surface area contributed by atoms with Crippen molar-refractivity contribution in [2.45, 2.75) is 45.1 Å². The lowest BCUT2D eigenvalue weighted by Crippen LogP contribution is -2.47. The average molecular weight is 419 g/mol. The third-order valence-corrected chi connectivity index (χ3v) is 7.70. The maximum Gasteiger partial charge on any atom is 0.227 e. The molecule has 29 heavy (non-hydrogen) atoms. The van der Waals surface area contributed by atoms with Gasteiger partial charge >= 0.3 is 0 Å². The molecule has 1 saturated heterocycles. The van der Waals surface area contributed by atoms with Gasteiger partial charge in [-0.2, -0.15) is 0 Å². The number of fused-ring (bicyclic) bond motifs is 1. The van der Waals surface area contributed by atoms with E-state index in [-0.39, 0.29) is 23.6 Å². The lowest BCUT2D eigenvalue weighted by atomic mass is 9.96. The molecule has 2 aromatic rings. The lowest BCUT2D eigenvalue weighted by molar-refractivity contribution is -0.123. The molecular weight excluding hydrogens is 388 g/mol. The molecule has 158 valence electrons. The maximum absolute atomic E-state index is 12.8. The Morgan fingerprint density at radius 1 is 1.17 bits per heavy atom. The van der Waals surface area contributed by atoms with Gasteiger partial charge in [0.1, 0.15) is 5.75 Å². The first-order valence-corrected chi connectivity index (χ1v) is 11.8. The van der Waals surface area contributed by atoms with Crippen LogP contribution in [0.25, 0.3) is 10.8 Å². The molecule has 1 N–H and O–H groups in total. The van der Waals surface area contributed by atoms with Gasteiger partial charge in [0.15, 0.2) is 0 Å². The predicted molar refractivity (Wildman–Crippen MR) is 116 cm³/mol. The minimum Gasteiger partial charge on any atom is -0.497 e. The number of rotatable bonds is 7. The third kappa shape index (κ3) is 5.08. The number of carbonyl (C=O) groups excluding carboxylic acids is 1. The SMILES string of the molecule is CCCS(=O)(=O)N1CCC(NC(=O)[C@@H](C)c2ccc3cc(OC)ccc3c2)CC1. The van der Waals surface area contributed by atoms with Gasteiger partial charge in [-0.15, -0.1) is 0 Å². The Morgan fingerprint density at radius 3 is 2.48 bits per heavy atom. The van der Waals surface area contributed by atoms with Crippen LogP contribution < -0.4 is 10.1 Å². The van der Waals surface area contributed by atoms with Gasteiger partial charge in [-0.05, 0) is 54.7 Å². The van der Waals surface area contributed by atoms with E-state index in [2.05, 4.69) is 5.32 Å². The molecule has 7 heteroatoms. The zero-order valence-electron chi connectivity index (χ0n) is 17.3. The van der Waals surface area contributed by atoms with E-state index >= 15 is 0 Å². The monoisotopic (exact) mass is 418 g/mol. The fraction of sp³-hybridized carbons (Fsp3) is 0.500. The quantitative estimate of drug-likeness (QED) is 0.749. The smallest absolute Gasteiger partial charge is 0.227 e. The number of piperidine rings is 1. The normalized spacial score (nSPS) is 17.2. The highest BCUT2D eigenvalue weighted by molar-refractivity contribution is 7.89. The molecule has 0 spiro atoms. The van der Waals surface area contributed by atoms with Crippen molar-refractivity contribution in [2.75, 3.05) is 26.0 Å². The first-order valence-electron chi connectivity index (χ1n) is 10.2. The molecule has 1 fully saturated rings. The number of amides is 1. The average Bonchev–Trinajstić information content (AvgIpc) is 2.72. The van der Waals surface area contributed by atoms with Crippen LogP contribution >= 0.6 is 0 Å². The van der Waals surface area contributed by atoms with Crippen molar-refractivity contribution in [3.8, 4) is 5.75 Å². The summed E-state index contributed by atoms with van der Waals surface area (Å²) in [5.74, 6) is 0.703. The maximum atomic E-state index is 12.8. The van der Waals surface area contributed by atoms with Crippen molar-refractivity contribution >= 4 is 26.7 Å². The summed E-state index contributed by atoms with van der Waals surface area (Å²) in [4.78, 5) is 12.8. The molecule has 0 saturated carbocycles. The Morgan fingerprint density at radius 2 is 1.83 bits per heavy atom. The van der Waals surface area contributed by atoms with Crippen LogP contribution in [0.4, 0.5) is 0 Å². The van der Waals surface area contributed by atoms with Gasteiger partial charge in [-0.1, -0.05) is 31.2 Å². The van der Waals surface area contributed by atoms with Crippen LogP contribution in [0.3, 0.4) is 0 Å². The van der Waals surface area contributed by atoms with E-state index in [0.717, 1.165) is 22.1 Å². The first kappa shape index (κ1) is 21.6. The Kier molecular flexibility index (Phi) is 6.80. The van der Waals surface area contributed by atoms with E-state index < -0.39 is 10.0 Å². The predicted octanol–water partition coefficient (Wildman–Crippen LogP) is 3.27. The van der Waals surface area contributed by atoms with Crippen molar-refractivity contribution < 1.29 is 17.9 Å². The molecule has 0 radical (unpaired) electrons. The number of carbonyl (C=O) groups is 1. The fourth-order valence-electron chi connectivity index (χ4n) is 3.78. The van der Waals surface area contributed by atoms with Crippen LogP contribution in [0, 0.1) is 0 Å². The van der Waals surface area contributed by atoms with Crippen LogP contribution in [0.5, 0.6) is 5.75 Å². The summed E-state index contributed by atoms with van der Waals surface area (Å²) in [6.45, 7) is 4.72. The molecule has 1 aliphatic heterocycles. The molecule has 6 nitrogen and oxygen atoms in total. The number of ether oxygens (including phenoxy) is 1. The molecule has 0 aliphatic carbocycles. The number of benzene rings is 2. The van der Waals surface area contributed by atoms with Crippen molar-refractivity contribution in [3.63, 3.8) is 0 Å². The highest BCUT2D eigenvalue weighted by Crippen LogP contribution is 2.26. The summed E-state index contributed by atoms with van der Waals surface area (Å²) in [5, 5.41) is 5.24. The summed E-state index contributed by atoms with van der Waals surface area (Å²) in [5.41, 5.74) is 0.961. The van der Waals surface area contributed by atoms with Gasteiger partial charge in [0.2, 0.25) is 15.9 Å². The minimum atomic E-state index is -3.16. The molecule has 0 bridgehead atoms. The first-order chi connectivity index (χ1) is 13.8. The van der Waals surface area contributed by atoms with Gasteiger partial charge in [0.25, 0.3) is 0 Å². The van der Waals surface area contributed by atoms with E-state index in [9.17, 15) is 13.2 Å². The topological polar surface area (TPSA) is 75.7 Å². The summed E-state index contributed by atoms with van der Waals surface area (Å²) < 4.78 is 31.2. The fourth-order valence-corrected chi connectivity index (χ4v) is 5.32. The van der Waals surface area contributed by atoms with Crippen molar-refractivity contribution in [1.29, 1.82) is 0 Å². The number of nitrogens with one attached hydrogen (secondary N) is 1. The molecule has 1 amide bonds. The Labute approximate surface area is 173 Å². The lowest BCUT2D eigenvalue weighted by Gasteiger charge is -2.32. The molecule has 0 aromatic heterocycles. The minimum absolute atomic E-state index is 0.0164. The number of hydrogen-bond donors (Lipinski definition) is 1. The number of hydrogen-bond acceptors (Lipinski definition) is 4. The number of methoxy groups -OCH3 is 1. The molecular formula is C22H30N2O4S. The van der Waals surface area contributed by atoms with Crippen LogP contribution in [0.15, 0.2) is 36.4 Å². The van der Waals surface area contributed by atoms with Gasteiger partial charge < -0.3 is 10.1 Å². The van der Waals surface area contributed by atoms with E-state index in [1.54, 1.807) is 11.4 Å². The van der Waals surface area contributed by atoms with Crippen LogP contribution in [0.1, 0.15) is 44.6 Å². The molecule has 1 aliphatic rings. The summed E-state index contributed by atoms with van der Waals surface area (Å²) in [7, 11) is -1.51. The number of sulfonamides is 1. The Hall–Kier alpha value is -2.12. The van der Waals surface area contributed by atoms with Crippen molar-refractivity contribution in [3.05, 3.63) is 42.0 Å². The molecule has 1 heterocycles. The van der Waals surface area contributed by atoms with E-state index in [4.69, 9.17) is 4.74 Å². The van der Waals surface area contributed by atoms with Crippen LogP contribution in [-0.4, -0.2) is 50.6 Å². The zero-order valence-corrected chi connectivity index (χ0v) is 18.2. The van der Waals surface area contributed by atoms with Crippen LogP contribution in [-0.2, 0) is 14.8 Å². The van der Waals surface area contributed by atoms with Gasteiger partial charge in [-0.25, -0.2) is 12.7 Å². The van der Waals surface area contributed by atoms with E-state index in [1.165, 1.54) is 0 Å². The van der Waals surface area contributed by atoms with Crippen molar-refractivity contribution in [2.24, 2.45) is 0 Å². The highest BCUT2D eigenvalue weighted by Gasteiger charge is 2.29. The second-order valence-corrected chi connectivity index (χ2v) is 9.78. The Balaban J connectivity index is 1.60. The van der Waals surface area contributed by atoms with Crippen molar-refractivity contribution in [1.82, 2.24) is 9.62 Å². The summed E-state index contributed by atoms with van der Waals surface area (Å²) >= 11 is 0. The molecule has 3 rings (SSSR count). The van der Waals surface area contributed by atoms with E-state index in [0.29, 0.717) is 32.4 Å². The molecule has 2 aromatic carbocycles. The van der Waals surface area contributed by atoms with E-state index in [1.807, 2.05) is 50.2 Å². The second kappa shape index (κ2) is 9.13. The summed E-state index contributed by atoms with van der Waals surface area (Å²) in [6, 6.07) is 11.9. The second-order valence-electron chi connectivity index (χ2n) is 7.69. The van der Waals surface area contributed by atoms with Gasteiger partial charge in [-0.3, -0.25) is 4.79 Å². The number of nitrogens with zero attached hydrogens (tertiary/aromatic N) is 1. The van der Waals surface area contributed by atoms with Gasteiger partial charge in [0.05, 0.1) is 18.8 Å². The summed E-state index contributed by atoms with van der Waals surface area (Å²) in [6.07, 6.45) is 1.92. The Bertz CT molecular complexity index is 966.